The molecule has 1 aromatic carbocycles. The Morgan fingerprint density at radius 2 is 2.14 bits per heavy atom. The van der Waals surface area contributed by atoms with Crippen molar-refractivity contribution in [1.29, 1.82) is 0 Å². The van der Waals surface area contributed by atoms with Crippen LogP contribution in [0.2, 0.25) is 0 Å². The molecule has 0 bridgehead atoms. The zero-order chi connectivity index (χ0) is 14.8. The molecule has 1 aromatic heterocycles. The van der Waals surface area contributed by atoms with Crippen molar-refractivity contribution in [2.45, 2.75) is 26.5 Å². The number of rotatable bonds is 9. The Kier molecular flexibility index (Phi) is 7.15. The van der Waals surface area contributed by atoms with Gasteiger partial charge in [-0.2, -0.15) is 0 Å². The van der Waals surface area contributed by atoms with Crippen molar-refractivity contribution >= 4 is 17.4 Å². The first-order valence-corrected chi connectivity index (χ1v) is 8.19. The van der Waals surface area contributed by atoms with Gasteiger partial charge in [-0.05, 0) is 18.5 Å². The largest absolute Gasteiger partial charge is 0.371 e. The van der Waals surface area contributed by atoms with E-state index >= 15 is 0 Å². The van der Waals surface area contributed by atoms with Crippen molar-refractivity contribution in [3.05, 3.63) is 58.1 Å². The van der Waals surface area contributed by atoms with Gasteiger partial charge >= 0.3 is 0 Å². The lowest BCUT2D eigenvalue weighted by atomic mass is 10.2. The lowest BCUT2D eigenvalue weighted by Crippen LogP contribution is -2.13. The van der Waals surface area contributed by atoms with Crippen molar-refractivity contribution in [1.82, 2.24) is 10.3 Å². The molecule has 1 N–H and O–H groups in total. The fourth-order valence-corrected chi connectivity index (χ4v) is 2.60. The fourth-order valence-electron chi connectivity index (χ4n) is 1.85. The van der Waals surface area contributed by atoms with E-state index in [1.807, 2.05) is 24.3 Å². The Hall–Kier alpha value is -1.49. The number of thiazole rings is 1. The van der Waals surface area contributed by atoms with Gasteiger partial charge in [-0.1, -0.05) is 49.4 Å². The molecular formula is C17H22N2OS. The van der Waals surface area contributed by atoms with Crippen molar-refractivity contribution in [2.24, 2.45) is 0 Å². The normalized spacial score (nSPS) is 11.3. The summed E-state index contributed by atoms with van der Waals surface area (Å²) in [4.78, 5) is 4.54. The van der Waals surface area contributed by atoms with Gasteiger partial charge in [0.1, 0.15) is 5.01 Å². The molecular weight excluding hydrogens is 280 g/mol. The Morgan fingerprint density at radius 3 is 2.95 bits per heavy atom. The number of nitrogens with one attached hydrogen (secondary N) is 1. The van der Waals surface area contributed by atoms with E-state index in [0.717, 1.165) is 30.2 Å². The van der Waals surface area contributed by atoms with Crippen molar-refractivity contribution < 1.29 is 4.74 Å². The van der Waals surface area contributed by atoms with Crippen LogP contribution in [-0.2, 0) is 17.9 Å². The summed E-state index contributed by atoms with van der Waals surface area (Å²) in [6.07, 6.45) is 5.25. The molecule has 2 rings (SSSR count). The molecule has 0 amide bonds. The fraction of sp³-hybridized carbons (Fsp3) is 0.353. The molecule has 0 fully saturated rings. The molecule has 112 valence electrons. The minimum atomic E-state index is 0.573. The van der Waals surface area contributed by atoms with Crippen molar-refractivity contribution in [3.8, 4) is 0 Å². The monoisotopic (exact) mass is 302 g/mol. The molecule has 1 heterocycles. The van der Waals surface area contributed by atoms with Crippen LogP contribution < -0.4 is 5.32 Å². The summed E-state index contributed by atoms with van der Waals surface area (Å²) in [5.41, 5.74) is 2.21. The minimum Gasteiger partial charge on any atom is -0.371 e. The van der Waals surface area contributed by atoms with Gasteiger partial charge in [0.25, 0.3) is 0 Å². The molecule has 3 nitrogen and oxygen atoms in total. The van der Waals surface area contributed by atoms with E-state index in [1.54, 1.807) is 11.3 Å². The molecule has 0 atom stereocenters. The van der Waals surface area contributed by atoms with Crippen LogP contribution in [-0.4, -0.2) is 18.1 Å². The zero-order valence-electron chi connectivity index (χ0n) is 12.4. The third-order valence-electron chi connectivity index (χ3n) is 2.88. The molecule has 0 aliphatic rings. The van der Waals surface area contributed by atoms with Crippen LogP contribution in [0.4, 0.5) is 0 Å². The zero-order valence-corrected chi connectivity index (χ0v) is 13.2. The van der Waals surface area contributed by atoms with Gasteiger partial charge in [0.05, 0.1) is 18.9 Å². The van der Waals surface area contributed by atoms with E-state index in [0.29, 0.717) is 13.2 Å². The predicted octanol–water partition coefficient (Wildman–Crippen LogP) is 3.87. The second kappa shape index (κ2) is 9.45. The Balaban J connectivity index is 1.65. The summed E-state index contributed by atoms with van der Waals surface area (Å²) in [6, 6.07) is 10.2. The Morgan fingerprint density at radius 1 is 1.29 bits per heavy atom. The summed E-state index contributed by atoms with van der Waals surface area (Å²) in [5, 5.41) is 6.56. The van der Waals surface area contributed by atoms with Gasteiger partial charge in [0, 0.05) is 11.9 Å². The van der Waals surface area contributed by atoms with Gasteiger partial charge in [0.15, 0.2) is 0 Å². The highest BCUT2D eigenvalue weighted by atomic mass is 32.1. The summed E-state index contributed by atoms with van der Waals surface area (Å²) in [5.74, 6) is 0. The first-order chi connectivity index (χ1) is 10.4. The lowest BCUT2D eigenvalue weighted by molar-refractivity contribution is 0.146. The molecule has 0 radical (unpaired) electrons. The van der Waals surface area contributed by atoms with Crippen LogP contribution in [0.15, 0.2) is 41.8 Å². The number of ether oxygens (including phenoxy) is 1. The number of benzene rings is 1. The van der Waals surface area contributed by atoms with Crippen LogP contribution in [0, 0.1) is 0 Å². The van der Waals surface area contributed by atoms with Gasteiger partial charge in [-0.15, -0.1) is 11.3 Å². The second-order valence-corrected chi connectivity index (χ2v) is 5.68. The quantitative estimate of drug-likeness (QED) is 0.714. The molecule has 0 unspecified atom stereocenters. The van der Waals surface area contributed by atoms with E-state index in [2.05, 4.69) is 40.8 Å². The smallest absolute Gasteiger partial charge is 0.107 e. The third-order valence-corrected chi connectivity index (χ3v) is 3.77. The highest BCUT2D eigenvalue weighted by molar-refractivity contribution is 7.09. The maximum atomic E-state index is 5.62. The summed E-state index contributed by atoms with van der Waals surface area (Å²) in [6.45, 7) is 5.23. The predicted molar refractivity (Wildman–Crippen MR) is 89.2 cm³/mol. The molecule has 2 aromatic rings. The maximum Gasteiger partial charge on any atom is 0.107 e. The summed E-state index contributed by atoms with van der Waals surface area (Å²) >= 11 is 1.69. The van der Waals surface area contributed by atoms with Crippen LogP contribution in [0.1, 0.15) is 29.6 Å². The number of nitrogens with zero attached hydrogens (tertiary/aromatic N) is 1. The molecule has 0 aliphatic carbocycles. The van der Waals surface area contributed by atoms with Crippen LogP contribution in [0.25, 0.3) is 6.08 Å². The summed E-state index contributed by atoms with van der Waals surface area (Å²) < 4.78 is 5.62. The summed E-state index contributed by atoms with van der Waals surface area (Å²) in [7, 11) is 0. The third kappa shape index (κ3) is 6.21. The maximum absolute atomic E-state index is 5.62. The van der Waals surface area contributed by atoms with E-state index in [4.69, 9.17) is 4.74 Å². The van der Waals surface area contributed by atoms with Gasteiger partial charge in [-0.25, -0.2) is 4.98 Å². The SMILES string of the molecule is CCCNCc1nc(COCC=Cc2ccccc2)cs1. The molecule has 0 spiro atoms. The van der Waals surface area contributed by atoms with Gasteiger partial charge in [0.2, 0.25) is 0 Å². The van der Waals surface area contributed by atoms with Crippen LogP contribution in [0.5, 0.6) is 0 Å². The van der Waals surface area contributed by atoms with Crippen LogP contribution >= 0.6 is 11.3 Å². The van der Waals surface area contributed by atoms with Gasteiger partial charge in [-0.3, -0.25) is 0 Å². The van der Waals surface area contributed by atoms with Gasteiger partial charge < -0.3 is 10.1 Å². The highest BCUT2D eigenvalue weighted by Crippen LogP contribution is 2.10. The van der Waals surface area contributed by atoms with Crippen LogP contribution in [0.3, 0.4) is 0 Å². The van der Waals surface area contributed by atoms with E-state index in [9.17, 15) is 0 Å². The average Bonchev–Trinajstić information content (AvgIpc) is 2.96. The Bertz CT molecular complexity index is 537. The number of hydrogen-bond donors (Lipinski definition) is 1. The molecule has 0 saturated carbocycles. The van der Waals surface area contributed by atoms with Crippen molar-refractivity contribution in [3.63, 3.8) is 0 Å². The van der Waals surface area contributed by atoms with E-state index in [-0.39, 0.29) is 0 Å². The van der Waals surface area contributed by atoms with E-state index < -0.39 is 0 Å². The Labute approximate surface area is 130 Å². The standard InChI is InChI=1S/C17H22N2OS/c1-2-10-18-12-17-19-16(14-21-17)13-20-11-6-9-15-7-4-3-5-8-15/h3-9,14,18H,2,10-13H2,1H3. The minimum absolute atomic E-state index is 0.573. The number of aromatic nitrogens is 1. The molecule has 0 saturated heterocycles. The lowest BCUT2D eigenvalue weighted by Gasteiger charge is -1.99. The average molecular weight is 302 g/mol. The highest BCUT2D eigenvalue weighted by Gasteiger charge is 2.01. The number of hydrogen-bond acceptors (Lipinski definition) is 4. The molecule has 0 aliphatic heterocycles. The van der Waals surface area contributed by atoms with E-state index in [1.165, 1.54) is 5.56 Å². The second-order valence-electron chi connectivity index (χ2n) is 4.74. The van der Waals surface area contributed by atoms with Crippen molar-refractivity contribution in [2.75, 3.05) is 13.2 Å². The molecule has 21 heavy (non-hydrogen) atoms. The first kappa shape index (κ1) is 15.9. The molecule has 4 heteroatoms. The first-order valence-electron chi connectivity index (χ1n) is 7.32. The topological polar surface area (TPSA) is 34.2 Å².